The van der Waals surface area contributed by atoms with Crippen LogP contribution in [0.15, 0.2) is 18.2 Å². The molecule has 1 aliphatic heterocycles. The lowest BCUT2D eigenvalue weighted by atomic mass is 9.85. The first-order valence-corrected chi connectivity index (χ1v) is 6.09. The molecule has 2 nitrogen and oxygen atoms in total. The van der Waals surface area contributed by atoms with E-state index < -0.39 is 23.6 Å². The summed E-state index contributed by atoms with van der Waals surface area (Å²) in [5, 5.41) is 0. The van der Waals surface area contributed by atoms with E-state index in [0.717, 1.165) is 18.2 Å². The molecule has 0 aromatic heterocycles. The van der Waals surface area contributed by atoms with Crippen molar-refractivity contribution in [2.24, 2.45) is 11.7 Å². The van der Waals surface area contributed by atoms with E-state index in [0.29, 0.717) is 26.1 Å². The van der Waals surface area contributed by atoms with Crippen molar-refractivity contribution in [3.63, 3.8) is 0 Å². The van der Waals surface area contributed by atoms with Gasteiger partial charge in [0.05, 0.1) is 5.56 Å². The number of ether oxygens (including phenoxy) is 1. The molecule has 0 aliphatic carbocycles. The number of rotatable bonds is 2. The summed E-state index contributed by atoms with van der Waals surface area (Å²) in [7, 11) is 0. The zero-order chi connectivity index (χ0) is 14.0. The second-order valence-corrected chi connectivity index (χ2v) is 4.70. The van der Waals surface area contributed by atoms with Gasteiger partial charge in [-0.25, -0.2) is 4.39 Å². The van der Waals surface area contributed by atoms with E-state index in [2.05, 4.69) is 0 Å². The molecule has 1 aromatic carbocycles. The Morgan fingerprint density at radius 1 is 1.21 bits per heavy atom. The Labute approximate surface area is 108 Å². The Kier molecular flexibility index (Phi) is 4.10. The summed E-state index contributed by atoms with van der Waals surface area (Å²) in [6.45, 7) is 0.962. The predicted octanol–water partition coefficient (Wildman–Crippen LogP) is 3.27. The van der Waals surface area contributed by atoms with Crippen molar-refractivity contribution in [3.05, 3.63) is 35.1 Å². The smallest absolute Gasteiger partial charge is 0.381 e. The maximum absolute atomic E-state index is 13.2. The Morgan fingerprint density at radius 2 is 1.84 bits per heavy atom. The van der Waals surface area contributed by atoms with Crippen LogP contribution in [-0.2, 0) is 10.9 Å². The minimum atomic E-state index is -4.52. The molecule has 1 aliphatic rings. The van der Waals surface area contributed by atoms with Crippen LogP contribution in [-0.4, -0.2) is 13.2 Å². The first kappa shape index (κ1) is 14.3. The zero-order valence-electron chi connectivity index (χ0n) is 10.2. The van der Waals surface area contributed by atoms with Crippen molar-refractivity contribution in [3.8, 4) is 0 Å². The standard InChI is InChI=1S/C13H15F4NO/c14-9-1-2-11(13(15,16)17)10(7-9)12(18)8-3-5-19-6-4-8/h1-2,7-8,12H,3-6,18H2. The molecular formula is C13H15F4NO. The first-order valence-electron chi connectivity index (χ1n) is 6.09. The van der Waals surface area contributed by atoms with Gasteiger partial charge in [0, 0.05) is 19.3 Å². The molecule has 106 valence electrons. The fourth-order valence-electron chi connectivity index (χ4n) is 2.40. The van der Waals surface area contributed by atoms with Gasteiger partial charge in [-0.3, -0.25) is 0 Å². The normalized spacial score (nSPS) is 19.4. The van der Waals surface area contributed by atoms with Crippen LogP contribution in [0.25, 0.3) is 0 Å². The van der Waals surface area contributed by atoms with E-state index in [-0.39, 0.29) is 11.5 Å². The highest BCUT2D eigenvalue weighted by Gasteiger charge is 2.36. The monoisotopic (exact) mass is 277 g/mol. The summed E-state index contributed by atoms with van der Waals surface area (Å²) in [4.78, 5) is 0. The molecule has 1 atom stereocenters. The molecular weight excluding hydrogens is 262 g/mol. The van der Waals surface area contributed by atoms with Crippen LogP contribution in [0.1, 0.15) is 30.0 Å². The van der Waals surface area contributed by atoms with Crippen LogP contribution in [0.4, 0.5) is 17.6 Å². The van der Waals surface area contributed by atoms with Crippen molar-refractivity contribution in [1.82, 2.24) is 0 Å². The lowest BCUT2D eigenvalue weighted by Crippen LogP contribution is -2.29. The lowest BCUT2D eigenvalue weighted by Gasteiger charge is -2.29. The summed E-state index contributed by atoms with van der Waals surface area (Å²) >= 11 is 0. The zero-order valence-corrected chi connectivity index (χ0v) is 10.2. The van der Waals surface area contributed by atoms with Crippen molar-refractivity contribution in [1.29, 1.82) is 0 Å². The van der Waals surface area contributed by atoms with E-state index in [1.807, 2.05) is 0 Å². The lowest BCUT2D eigenvalue weighted by molar-refractivity contribution is -0.138. The second kappa shape index (κ2) is 5.46. The average Bonchev–Trinajstić information content (AvgIpc) is 2.37. The van der Waals surface area contributed by atoms with Gasteiger partial charge in [0.25, 0.3) is 0 Å². The van der Waals surface area contributed by atoms with E-state index >= 15 is 0 Å². The number of alkyl halides is 3. The quantitative estimate of drug-likeness (QED) is 0.842. The summed E-state index contributed by atoms with van der Waals surface area (Å²) < 4.78 is 57.1. The number of hydrogen-bond donors (Lipinski definition) is 1. The fourth-order valence-corrected chi connectivity index (χ4v) is 2.40. The highest BCUT2D eigenvalue weighted by molar-refractivity contribution is 5.33. The summed E-state index contributed by atoms with van der Waals surface area (Å²) in [6, 6.07) is 1.63. The largest absolute Gasteiger partial charge is 0.416 e. The van der Waals surface area contributed by atoms with E-state index in [1.54, 1.807) is 0 Å². The molecule has 1 unspecified atom stereocenters. The van der Waals surface area contributed by atoms with E-state index in [1.165, 1.54) is 0 Å². The van der Waals surface area contributed by atoms with Crippen molar-refractivity contribution >= 4 is 0 Å². The molecule has 0 spiro atoms. The number of benzene rings is 1. The third kappa shape index (κ3) is 3.25. The van der Waals surface area contributed by atoms with Gasteiger partial charge in [0.15, 0.2) is 0 Å². The summed E-state index contributed by atoms with van der Waals surface area (Å²) in [6.07, 6.45) is -3.34. The number of nitrogens with two attached hydrogens (primary N) is 1. The average molecular weight is 277 g/mol. The molecule has 0 saturated carbocycles. The van der Waals surface area contributed by atoms with Crippen molar-refractivity contribution in [2.75, 3.05) is 13.2 Å². The summed E-state index contributed by atoms with van der Waals surface area (Å²) in [5.41, 5.74) is 4.89. The van der Waals surface area contributed by atoms with Crippen LogP contribution in [0.5, 0.6) is 0 Å². The molecule has 1 saturated heterocycles. The van der Waals surface area contributed by atoms with Gasteiger partial charge >= 0.3 is 6.18 Å². The number of hydrogen-bond acceptors (Lipinski definition) is 2. The van der Waals surface area contributed by atoms with Gasteiger partial charge in [-0.15, -0.1) is 0 Å². The Balaban J connectivity index is 2.33. The second-order valence-electron chi connectivity index (χ2n) is 4.70. The minimum absolute atomic E-state index is 0.114. The van der Waals surface area contributed by atoms with Crippen LogP contribution >= 0.6 is 0 Å². The Bertz CT molecular complexity index is 441. The highest BCUT2D eigenvalue weighted by atomic mass is 19.4. The van der Waals surface area contributed by atoms with Gasteiger partial charge < -0.3 is 10.5 Å². The molecule has 1 fully saturated rings. The molecule has 0 amide bonds. The SMILES string of the molecule is NC(c1cc(F)ccc1C(F)(F)F)C1CCOCC1. The van der Waals surface area contributed by atoms with Crippen LogP contribution in [0, 0.1) is 11.7 Å². The Hall–Kier alpha value is -1.14. The minimum Gasteiger partial charge on any atom is -0.381 e. The van der Waals surface area contributed by atoms with Crippen LogP contribution < -0.4 is 5.73 Å². The van der Waals surface area contributed by atoms with Gasteiger partial charge in [-0.1, -0.05) is 0 Å². The van der Waals surface area contributed by atoms with Gasteiger partial charge in [-0.2, -0.15) is 13.2 Å². The highest BCUT2D eigenvalue weighted by Crippen LogP contribution is 2.38. The molecule has 1 aromatic rings. The maximum Gasteiger partial charge on any atom is 0.416 e. The Morgan fingerprint density at radius 3 is 2.42 bits per heavy atom. The van der Waals surface area contributed by atoms with Crippen molar-refractivity contribution < 1.29 is 22.3 Å². The molecule has 0 radical (unpaired) electrons. The molecule has 2 rings (SSSR count). The maximum atomic E-state index is 13.2. The van der Waals surface area contributed by atoms with Crippen LogP contribution in [0.2, 0.25) is 0 Å². The fraction of sp³-hybridized carbons (Fsp3) is 0.538. The van der Waals surface area contributed by atoms with Crippen molar-refractivity contribution in [2.45, 2.75) is 25.1 Å². The van der Waals surface area contributed by atoms with E-state index in [4.69, 9.17) is 10.5 Å². The summed E-state index contributed by atoms with van der Waals surface area (Å²) in [5.74, 6) is -0.817. The topological polar surface area (TPSA) is 35.2 Å². The molecule has 1 heterocycles. The van der Waals surface area contributed by atoms with Crippen LogP contribution in [0.3, 0.4) is 0 Å². The molecule has 0 bridgehead atoms. The van der Waals surface area contributed by atoms with Gasteiger partial charge in [0.1, 0.15) is 5.82 Å². The first-order chi connectivity index (χ1) is 8.89. The van der Waals surface area contributed by atoms with Gasteiger partial charge in [0.2, 0.25) is 0 Å². The number of halogens is 4. The van der Waals surface area contributed by atoms with E-state index in [9.17, 15) is 17.6 Å². The molecule has 19 heavy (non-hydrogen) atoms. The third-order valence-electron chi connectivity index (χ3n) is 3.45. The van der Waals surface area contributed by atoms with Gasteiger partial charge in [-0.05, 0) is 42.5 Å². The third-order valence-corrected chi connectivity index (χ3v) is 3.45. The predicted molar refractivity (Wildman–Crippen MR) is 61.9 cm³/mol. The molecule has 6 heteroatoms. The molecule has 2 N–H and O–H groups in total.